The number of carboxylic acids is 1. The third-order valence-electron chi connectivity index (χ3n) is 1.84. The van der Waals surface area contributed by atoms with Crippen LogP contribution in [0.15, 0.2) is 21.6 Å². The Balaban J connectivity index is 3.04. The minimum Gasteiger partial charge on any atom is -0.475 e. The number of amides is 1. The summed E-state index contributed by atoms with van der Waals surface area (Å²) >= 11 is 0. The molecule has 0 unspecified atom stereocenters. The maximum atomic E-state index is 11.7. The van der Waals surface area contributed by atoms with Crippen LogP contribution >= 0.6 is 0 Å². The van der Waals surface area contributed by atoms with Gasteiger partial charge in [0, 0.05) is 7.05 Å². The minimum atomic E-state index is -4.04. The summed E-state index contributed by atoms with van der Waals surface area (Å²) in [5, 5.41) is 8.01. The Hall–Kier alpha value is -1.87. The zero-order valence-corrected chi connectivity index (χ0v) is 9.60. The average Bonchev–Trinajstić information content (AvgIpc) is 2.65. The lowest BCUT2D eigenvalue weighted by Gasteiger charge is -2.12. The van der Waals surface area contributed by atoms with E-state index in [9.17, 15) is 18.0 Å². The molecule has 0 bridgehead atoms. The predicted octanol–water partition coefficient (Wildman–Crippen LogP) is -0.916. The molecule has 9 heteroatoms. The van der Waals surface area contributed by atoms with E-state index in [1.54, 1.807) is 0 Å². The Morgan fingerprint density at radius 3 is 2.47 bits per heavy atom. The van der Waals surface area contributed by atoms with Gasteiger partial charge in [-0.05, 0) is 12.1 Å². The summed E-state index contributed by atoms with van der Waals surface area (Å²) in [5.41, 5.74) is 4.85. The van der Waals surface area contributed by atoms with Crippen LogP contribution in [0.25, 0.3) is 0 Å². The molecular weight excluding hydrogens is 252 g/mol. The molecule has 0 aliphatic carbocycles. The smallest absolute Gasteiger partial charge is 0.371 e. The Kier molecular flexibility index (Phi) is 3.53. The summed E-state index contributed by atoms with van der Waals surface area (Å²) in [6.07, 6.45) is 0. The van der Waals surface area contributed by atoms with Gasteiger partial charge < -0.3 is 15.3 Å². The van der Waals surface area contributed by atoms with Gasteiger partial charge in [0.2, 0.25) is 16.8 Å². The topological polar surface area (TPSA) is 131 Å². The Labute approximate surface area is 96.7 Å². The molecule has 3 N–H and O–H groups in total. The average molecular weight is 262 g/mol. The highest BCUT2D eigenvalue weighted by molar-refractivity contribution is 7.89. The fourth-order valence-electron chi connectivity index (χ4n) is 1.03. The van der Waals surface area contributed by atoms with E-state index in [0.29, 0.717) is 4.31 Å². The van der Waals surface area contributed by atoms with Crippen molar-refractivity contribution in [3.8, 4) is 0 Å². The van der Waals surface area contributed by atoms with Gasteiger partial charge in [0.25, 0.3) is 10.0 Å². The van der Waals surface area contributed by atoms with Crippen molar-refractivity contribution in [3.63, 3.8) is 0 Å². The first-order valence-corrected chi connectivity index (χ1v) is 5.77. The number of furan rings is 1. The number of nitrogens with two attached hydrogens (primary N) is 1. The van der Waals surface area contributed by atoms with Crippen molar-refractivity contribution in [2.75, 3.05) is 13.6 Å². The zero-order chi connectivity index (χ0) is 13.2. The van der Waals surface area contributed by atoms with Crippen molar-refractivity contribution in [1.82, 2.24) is 4.31 Å². The van der Waals surface area contributed by atoms with Gasteiger partial charge in [-0.3, -0.25) is 4.79 Å². The van der Waals surface area contributed by atoms with Gasteiger partial charge in [0.1, 0.15) is 0 Å². The van der Waals surface area contributed by atoms with Crippen LogP contribution < -0.4 is 5.73 Å². The zero-order valence-electron chi connectivity index (χ0n) is 8.78. The molecule has 0 spiro atoms. The molecule has 94 valence electrons. The van der Waals surface area contributed by atoms with Gasteiger partial charge in [0.05, 0.1) is 6.54 Å². The predicted molar refractivity (Wildman–Crippen MR) is 54.7 cm³/mol. The Morgan fingerprint density at radius 1 is 1.47 bits per heavy atom. The number of nitrogens with zero attached hydrogens (tertiary/aromatic N) is 1. The lowest BCUT2D eigenvalue weighted by Crippen LogP contribution is -2.35. The fourth-order valence-corrected chi connectivity index (χ4v) is 2.07. The number of carbonyl (C=O) groups excluding carboxylic acids is 1. The highest BCUT2D eigenvalue weighted by atomic mass is 32.2. The highest BCUT2D eigenvalue weighted by Crippen LogP contribution is 2.17. The molecule has 1 heterocycles. The van der Waals surface area contributed by atoms with Crippen LogP contribution in [0.3, 0.4) is 0 Å². The molecule has 8 nitrogen and oxygen atoms in total. The summed E-state index contributed by atoms with van der Waals surface area (Å²) in [4.78, 5) is 21.1. The molecule has 1 aromatic heterocycles. The largest absolute Gasteiger partial charge is 0.475 e. The fraction of sp³-hybridized carbons (Fsp3) is 0.250. The Morgan fingerprint density at radius 2 is 2.06 bits per heavy atom. The standard InChI is InChI=1S/C8H10N2O6S/c1-10(4-6(9)11)17(14,15)7-3-2-5(16-7)8(12)13/h2-3H,4H2,1H3,(H2,9,11)(H,12,13). The number of primary amides is 1. The van der Waals surface area contributed by atoms with Crippen molar-refractivity contribution in [3.05, 3.63) is 17.9 Å². The minimum absolute atomic E-state index is 0.504. The van der Waals surface area contributed by atoms with Gasteiger partial charge in [-0.1, -0.05) is 0 Å². The highest BCUT2D eigenvalue weighted by Gasteiger charge is 2.26. The van der Waals surface area contributed by atoms with Crippen molar-refractivity contribution < 1.29 is 27.5 Å². The van der Waals surface area contributed by atoms with Crippen molar-refractivity contribution in [1.29, 1.82) is 0 Å². The van der Waals surface area contributed by atoms with E-state index in [2.05, 4.69) is 4.42 Å². The molecule has 1 rings (SSSR count). The number of likely N-dealkylation sites (N-methyl/N-ethyl adjacent to an activating group) is 1. The third-order valence-corrected chi connectivity index (χ3v) is 3.51. The molecule has 17 heavy (non-hydrogen) atoms. The second-order valence-corrected chi connectivity index (χ2v) is 5.13. The molecular formula is C8H10N2O6S. The van der Waals surface area contributed by atoms with Crippen LogP contribution in [0.4, 0.5) is 0 Å². The normalized spacial score (nSPS) is 11.6. The van der Waals surface area contributed by atoms with E-state index in [1.807, 2.05) is 0 Å². The first-order valence-electron chi connectivity index (χ1n) is 4.33. The van der Waals surface area contributed by atoms with Gasteiger partial charge >= 0.3 is 5.97 Å². The van der Waals surface area contributed by atoms with E-state index in [-0.39, 0.29) is 0 Å². The van der Waals surface area contributed by atoms with E-state index in [1.165, 1.54) is 0 Å². The maximum absolute atomic E-state index is 11.7. The summed E-state index contributed by atoms with van der Waals surface area (Å²) < 4.78 is 28.8. The number of sulfonamides is 1. The summed E-state index contributed by atoms with van der Waals surface area (Å²) in [7, 11) is -2.92. The molecule has 0 saturated heterocycles. The number of carbonyl (C=O) groups is 2. The molecule has 0 radical (unpaired) electrons. The summed E-state index contributed by atoms with van der Waals surface area (Å²) in [6, 6.07) is 2.00. The molecule has 0 saturated carbocycles. The van der Waals surface area contributed by atoms with Crippen molar-refractivity contribution >= 4 is 21.9 Å². The summed E-state index contributed by atoms with van der Waals surface area (Å²) in [6.45, 7) is -0.522. The first kappa shape index (κ1) is 13.2. The lowest BCUT2D eigenvalue weighted by molar-refractivity contribution is -0.118. The molecule has 1 aromatic rings. The van der Waals surface area contributed by atoms with Crippen molar-refractivity contribution in [2.45, 2.75) is 5.09 Å². The van der Waals surface area contributed by atoms with Gasteiger partial charge in [-0.2, -0.15) is 4.31 Å². The number of carboxylic acid groups (broad SMARTS) is 1. The van der Waals surface area contributed by atoms with Gasteiger partial charge in [-0.15, -0.1) is 0 Å². The number of hydrogen-bond donors (Lipinski definition) is 2. The first-order chi connectivity index (χ1) is 7.75. The molecule has 0 aliphatic rings. The van der Waals surface area contributed by atoms with E-state index in [4.69, 9.17) is 10.8 Å². The van der Waals surface area contributed by atoms with E-state index >= 15 is 0 Å². The van der Waals surface area contributed by atoms with Gasteiger partial charge in [-0.25, -0.2) is 13.2 Å². The Bertz CT molecular complexity index is 546. The maximum Gasteiger partial charge on any atom is 0.371 e. The number of rotatable bonds is 5. The molecule has 0 fully saturated rings. The van der Waals surface area contributed by atoms with E-state index < -0.39 is 39.3 Å². The van der Waals surface area contributed by atoms with Crippen LogP contribution in [0.5, 0.6) is 0 Å². The molecule has 0 aliphatic heterocycles. The molecule has 0 atom stereocenters. The number of hydrogen-bond acceptors (Lipinski definition) is 5. The van der Waals surface area contributed by atoms with Crippen molar-refractivity contribution in [2.24, 2.45) is 5.73 Å². The van der Waals surface area contributed by atoms with Crippen LogP contribution in [0, 0.1) is 0 Å². The van der Waals surface area contributed by atoms with Crippen LogP contribution in [-0.4, -0.2) is 43.3 Å². The van der Waals surface area contributed by atoms with Crippen LogP contribution in [0.2, 0.25) is 0 Å². The molecule has 1 amide bonds. The third kappa shape index (κ3) is 2.82. The second kappa shape index (κ2) is 4.55. The second-order valence-electron chi connectivity index (χ2n) is 3.15. The molecule has 0 aromatic carbocycles. The quantitative estimate of drug-likeness (QED) is 0.705. The van der Waals surface area contributed by atoms with Crippen LogP contribution in [-0.2, 0) is 14.8 Å². The summed E-state index contributed by atoms with van der Waals surface area (Å²) in [5.74, 6) is -2.72. The van der Waals surface area contributed by atoms with Crippen LogP contribution in [0.1, 0.15) is 10.6 Å². The SMILES string of the molecule is CN(CC(N)=O)S(=O)(=O)c1ccc(C(=O)O)o1. The number of aromatic carboxylic acids is 1. The van der Waals surface area contributed by atoms with Gasteiger partial charge in [0.15, 0.2) is 0 Å². The lowest BCUT2D eigenvalue weighted by atomic mass is 10.5. The monoisotopic (exact) mass is 262 g/mol. The van der Waals surface area contributed by atoms with E-state index in [0.717, 1.165) is 19.2 Å².